The van der Waals surface area contributed by atoms with Crippen LogP contribution in [-0.2, 0) is 4.79 Å². The first kappa shape index (κ1) is 14.9. The standard InChI is InChI=1S/C15H23IO/c1-2-15(17)12-14-9-8-13(11-14)7-5-3-4-6-10-16/h2,8-9,13-14H,1,3-7,10-12H2/t13-,14+/m0/s1. The van der Waals surface area contributed by atoms with Gasteiger partial charge in [0, 0.05) is 6.42 Å². The first-order chi connectivity index (χ1) is 8.26. The van der Waals surface area contributed by atoms with Gasteiger partial charge in [-0.2, -0.15) is 0 Å². The third kappa shape index (κ3) is 6.39. The summed E-state index contributed by atoms with van der Waals surface area (Å²) in [5.74, 6) is 1.37. The van der Waals surface area contributed by atoms with Gasteiger partial charge in [0.25, 0.3) is 0 Å². The molecule has 0 fully saturated rings. The highest BCUT2D eigenvalue weighted by atomic mass is 127. The van der Waals surface area contributed by atoms with Crippen LogP contribution in [0, 0.1) is 11.8 Å². The minimum Gasteiger partial charge on any atom is -0.295 e. The molecule has 0 aromatic carbocycles. The van der Waals surface area contributed by atoms with Crippen LogP contribution in [0.1, 0.15) is 44.9 Å². The average Bonchev–Trinajstić information content (AvgIpc) is 2.76. The van der Waals surface area contributed by atoms with Gasteiger partial charge in [-0.15, -0.1) is 0 Å². The largest absolute Gasteiger partial charge is 0.295 e. The minimum absolute atomic E-state index is 0.183. The molecule has 17 heavy (non-hydrogen) atoms. The van der Waals surface area contributed by atoms with Crippen molar-refractivity contribution in [2.45, 2.75) is 44.9 Å². The molecule has 2 heteroatoms. The zero-order valence-electron chi connectivity index (χ0n) is 10.5. The third-order valence-corrected chi connectivity index (χ3v) is 4.17. The average molecular weight is 346 g/mol. The van der Waals surface area contributed by atoms with E-state index in [9.17, 15) is 4.79 Å². The van der Waals surface area contributed by atoms with Crippen LogP contribution in [0.2, 0.25) is 0 Å². The molecule has 0 radical (unpaired) electrons. The van der Waals surface area contributed by atoms with Crippen LogP contribution in [0.4, 0.5) is 0 Å². The summed E-state index contributed by atoms with van der Waals surface area (Å²) in [6.45, 7) is 3.53. The maximum absolute atomic E-state index is 11.3. The van der Waals surface area contributed by atoms with Gasteiger partial charge in [-0.1, -0.05) is 60.6 Å². The van der Waals surface area contributed by atoms with E-state index < -0.39 is 0 Å². The summed E-state index contributed by atoms with van der Waals surface area (Å²) in [6.07, 6.45) is 14.6. The van der Waals surface area contributed by atoms with E-state index in [1.54, 1.807) is 0 Å². The van der Waals surface area contributed by atoms with Crippen molar-refractivity contribution >= 4 is 28.4 Å². The molecule has 0 bridgehead atoms. The molecular weight excluding hydrogens is 323 g/mol. The maximum Gasteiger partial charge on any atom is 0.155 e. The predicted molar refractivity (Wildman–Crippen MR) is 82.5 cm³/mol. The van der Waals surface area contributed by atoms with E-state index in [2.05, 4.69) is 41.3 Å². The molecule has 1 aliphatic rings. The fourth-order valence-electron chi connectivity index (χ4n) is 2.42. The molecule has 0 spiro atoms. The number of hydrogen-bond acceptors (Lipinski definition) is 1. The Balaban J connectivity index is 2.08. The lowest BCUT2D eigenvalue weighted by Crippen LogP contribution is -2.04. The third-order valence-electron chi connectivity index (χ3n) is 3.41. The SMILES string of the molecule is C=CC(=O)C[C@@H]1C=C[C@H](CCCCCCI)C1. The number of unbranched alkanes of at least 4 members (excludes halogenated alkanes) is 3. The molecule has 1 nitrogen and oxygen atoms in total. The summed E-state index contributed by atoms with van der Waals surface area (Å²) < 4.78 is 1.28. The second-order valence-electron chi connectivity index (χ2n) is 4.91. The molecule has 0 aromatic heterocycles. The number of rotatable bonds is 9. The molecule has 0 heterocycles. The highest BCUT2D eigenvalue weighted by Gasteiger charge is 2.19. The van der Waals surface area contributed by atoms with Crippen LogP contribution in [-0.4, -0.2) is 10.2 Å². The number of carbonyl (C=O) groups is 1. The van der Waals surface area contributed by atoms with Gasteiger partial charge in [-0.25, -0.2) is 0 Å². The summed E-state index contributed by atoms with van der Waals surface area (Å²) in [6, 6.07) is 0. The van der Waals surface area contributed by atoms with E-state index in [1.807, 2.05) is 0 Å². The Morgan fingerprint density at radius 1 is 1.24 bits per heavy atom. The van der Waals surface area contributed by atoms with Crippen LogP contribution in [0.15, 0.2) is 24.8 Å². The summed E-state index contributed by atoms with van der Waals surface area (Å²) in [4.78, 5) is 11.3. The fourth-order valence-corrected chi connectivity index (χ4v) is 2.96. The van der Waals surface area contributed by atoms with Crippen LogP contribution in [0.25, 0.3) is 0 Å². The van der Waals surface area contributed by atoms with E-state index >= 15 is 0 Å². The fraction of sp³-hybridized carbons (Fsp3) is 0.667. The lowest BCUT2D eigenvalue weighted by Gasteiger charge is -2.10. The number of allylic oxidation sites excluding steroid dienone is 3. The first-order valence-electron chi connectivity index (χ1n) is 6.65. The molecule has 2 atom stereocenters. The number of carbonyl (C=O) groups excluding carboxylic acids is 1. The van der Waals surface area contributed by atoms with Crippen molar-refractivity contribution in [2.24, 2.45) is 11.8 Å². The number of alkyl halides is 1. The smallest absolute Gasteiger partial charge is 0.155 e. The predicted octanol–water partition coefficient (Wildman–Crippen LogP) is 4.71. The molecule has 0 N–H and O–H groups in total. The molecule has 1 aliphatic carbocycles. The monoisotopic (exact) mass is 346 g/mol. The van der Waals surface area contributed by atoms with Crippen molar-refractivity contribution < 1.29 is 4.79 Å². The molecule has 0 aliphatic heterocycles. The van der Waals surface area contributed by atoms with E-state index in [0.717, 1.165) is 5.92 Å². The van der Waals surface area contributed by atoms with Gasteiger partial charge >= 0.3 is 0 Å². The second-order valence-corrected chi connectivity index (χ2v) is 5.99. The second kappa shape index (κ2) is 8.90. The van der Waals surface area contributed by atoms with Crippen LogP contribution in [0.5, 0.6) is 0 Å². The van der Waals surface area contributed by atoms with Gasteiger partial charge < -0.3 is 0 Å². The number of halogens is 1. The van der Waals surface area contributed by atoms with Crippen molar-refractivity contribution in [1.82, 2.24) is 0 Å². The van der Waals surface area contributed by atoms with E-state index in [0.29, 0.717) is 12.3 Å². The molecule has 0 saturated carbocycles. The first-order valence-corrected chi connectivity index (χ1v) is 8.18. The Morgan fingerprint density at radius 2 is 1.94 bits per heavy atom. The van der Waals surface area contributed by atoms with Crippen molar-refractivity contribution in [3.05, 3.63) is 24.8 Å². The topological polar surface area (TPSA) is 17.1 Å². The number of ketones is 1. The van der Waals surface area contributed by atoms with Gasteiger partial charge in [0.1, 0.15) is 0 Å². The van der Waals surface area contributed by atoms with Crippen molar-refractivity contribution in [3.63, 3.8) is 0 Å². The molecule has 0 unspecified atom stereocenters. The summed E-state index contributed by atoms with van der Waals surface area (Å²) in [5.41, 5.74) is 0. The summed E-state index contributed by atoms with van der Waals surface area (Å²) >= 11 is 2.44. The Hall–Kier alpha value is -0.120. The van der Waals surface area contributed by atoms with Gasteiger partial charge in [-0.3, -0.25) is 4.79 Å². The molecule has 0 saturated heterocycles. The lowest BCUT2D eigenvalue weighted by molar-refractivity contribution is -0.115. The van der Waals surface area contributed by atoms with Gasteiger partial charge in [0.05, 0.1) is 0 Å². The molecule has 96 valence electrons. The lowest BCUT2D eigenvalue weighted by atomic mass is 9.94. The molecule has 0 amide bonds. The molecule has 1 rings (SSSR count). The Morgan fingerprint density at radius 3 is 2.65 bits per heavy atom. The van der Waals surface area contributed by atoms with Crippen LogP contribution in [0.3, 0.4) is 0 Å². The van der Waals surface area contributed by atoms with Gasteiger partial charge in [-0.05, 0) is 41.6 Å². The summed E-state index contributed by atoms with van der Waals surface area (Å²) in [5, 5.41) is 0. The highest BCUT2D eigenvalue weighted by molar-refractivity contribution is 14.1. The zero-order chi connectivity index (χ0) is 12.5. The van der Waals surface area contributed by atoms with Crippen molar-refractivity contribution in [1.29, 1.82) is 0 Å². The quantitative estimate of drug-likeness (QED) is 0.194. The number of hydrogen-bond donors (Lipinski definition) is 0. The van der Waals surface area contributed by atoms with E-state index in [-0.39, 0.29) is 5.78 Å². The zero-order valence-corrected chi connectivity index (χ0v) is 12.7. The maximum atomic E-state index is 11.3. The van der Waals surface area contributed by atoms with Gasteiger partial charge in [0.15, 0.2) is 5.78 Å². The normalized spacial score (nSPS) is 22.9. The van der Waals surface area contributed by atoms with E-state index in [1.165, 1.54) is 49.0 Å². The Kier molecular flexibility index (Phi) is 7.82. The van der Waals surface area contributed by atoms with Crippen molar-refractivity contribution in [3.8, 4) is 0 Å². The van der Waals surface area contributed by atoms with Gasteiger partial charge in [0.2, 0.25) is 0 Å². The van der Waals surface area contributed by atoms with E-state index in [4.69, 9.17) is 0 Å². The Labute approximate surface area is 119 Å². The van der Waals surface area contributed by atoms with Crippen LogP contribution < -0.4 is 0 Å². The minimum atomic E-state index is 0.183. The molecule has 0 aromatic rings. The Bertz CT molecular complexity index is 270. The van der Waals surface area contributed by atoms with Crippen molar-refractivity contribution in [2.75, 3.05) is 4.43 Å². The van der Waals surface area contributed by atoms with Crippen LogP contribution >= 0.6 is 22.6 Å². The highest BCUT2D eigenvalue weighted by Crippen LogP contribution is 2.30. The summed E-state index contributed by atoms with van der Waals surface area (Å²) in [7, 11) is 0. The molecular formula is C15H23IO.